The van der Waals surface area contributed by atoms with Crippen molar-refractivity contribution in [3.05, 3.63) is 59.7 Å². The predicted molar refractivity (Wildman–Crippen MR) is 81.9 cm³/mol. The number of benzene rings is 2. The number of amides is 1. The van der Waals surface area contributed by atoms with Gasteiger partial charge in [-0.25, -0.2) is 0 Å². The van der Waals surface area contributed by atoms with E-state index >= 15 is 0 Å². The predicted octanol–water partition coefficient (Wildman–Crippen LogP) is 3.19. The van der Waals surface area contributed by atoms with Crippen LogP contribution in [0.5, 0.6) is 11.5 Å². The molecule has 0 aliphatic carbocycles. The molecule has 2 aromatic rings. The van der Waals surface area contributed by atoms with E-state index in [1.54, 1.807) is 32.4 Å². The van der Waals surface area contributed by atoms with Gasteiger partial charge in [-0.3, -0.25) is 4.79 Å². The van der Waals surface area contributed by atoms with Gasteiger partial charge >= 0.3 is 0 Å². The highest BCUT2D eigenvalue weighted by Gasteiger charge is 2.13. The molecule has 0 heterocycles. The Balaban J connectivity index is 2.16. The van der Waals surface area contributed by atoms with Crippen molar-refractivity contribution in [2.75, 3.05) is 14.2 Å². The Kier molecular flexibility index (Phi) is 4.82. The summed E-state index contributed by atoms with van der Waals surface area (Å²) in [6.07, 6.45) is 0. The van der Waals surface area contributed by atoms with Gasteiger partial charge in [0.05, 0.1) is 20.3 Å². The zero-order chi connectivity index (χ0) is 15.2. The maximum Gasteiger partial charge on any atom is 0.252 e. The van der Waals surface area contributed by atoms with Crippen LogP contribution in [0.25, 0.3) is 0 Å². The van der Waals surface area contributed by atoms with Crippen LogP contribution < -0.4 is 14.8 Å². The summed E-state index contributed by atoms with van der Waals surface area (Å²) in [6, 6.07) is 14.9. The molecule has 4 nitrogen and oxygen atoms in total. The zero-order valence-electron chi connectivity index (χ0n) is 12.4. The fourth-order valence-corrected chi connectivity index (χ4v) is 2.04. The Morgan fingerprint density at radius 3 is 2.10 bits per heavy atom. The summed E-state index contributed by atoms with van der Waals surface area (Å²) in [4.78, 5) is 12.3. The molecule has 0 saturated carbocycles. The summed E-state index contributed by atoms with van der Waals surface area (Å²) in [5.74, 6) is 1.02. The SMILES string of the molecule is COc1cc(OC)cc(C(=O)N[C@H](C)c2ccccc2)c1. The van der Waals surface area contributed by atoms with Crippen LogP contribution in [0.1, 0.15) is 28.9 Å². The summed E-state index contributed by atoms with van der Waals surface area (Å²) in [6.45, 7) is 1.95. The minimum absolute atomic E-state index is 0.0732. The minimum Gasteiger partial charge on any atom is -0.497 e. The molecule has 0 bridgehead atoms. The van der Waals surface area contributed by atoms with Crippen LogP contribution in [-0.4, -0.2) is 20.1 Å². The first-order valence-corrected chi connectivity index (χ1v) is 6.73. The summed E-state index contributed by atoms with van der Waals surface area (Å²) in [5.41, 5.74) is 1.56. The maximum absolute atomic E-state index is 12.3. The molecule has 21 heavy (non-hydrogen) atoms. The van der Waals surface area contributed by atoms with E-state index in [4.69, 9.17) is 9.47 Å². The van der Waals surface area contributed by atoms with Gasteiger partial charge < -0.3 is 14.8 Å². The summed E-state index contributed by atoms with van der Waals surface area (Å²) < 4.78 is 10.4. The number of methoxy groups -OCH3 is 2. The smallest absolute Gasteiger partial charge is 0.252 e. The highest BCUT2D eigenvalue weighted by atomic mass is 16.5. The zero-order valence-corrected chi connectivity index (χ0v) is 12.4. The van der Waals surface area contributed by atoms with Crippen molar-refractivity contribution >= 4 is 5.91 Å². The standard InChI is InChI=1S/C17H19NO3/c1-12(13-7-5-4-6-8-13)18-17(19)14-9-15(20-2)11-16(10-14)21-3/h4-12H,1-3H3,(H,18,19)/t12-/m1/s1. The number of carbonyl (C=O) groups is 1. The van der Waals surface area contributed by atoms with Gasteiger partial charge in [0, 0.05) is 11.6 Å². The average molecular weight is 285 g/mol. The summed E-state index contributed by atoms with van der Waals surface area (Å²) in [7, 11) is 3.12. The lowest BCUT2D eigenvalue weighted by atomic mass is 10.1. The highest BCUT2D eigenvalue weighted by Crippen LogP contribution is 2.23. The Morgan fingerprint density at radius 1 is 1.00 bits per heavy atom. The van der Waals surface area contributed by atoms with Gasteiger partial charge in [-0.05, 0) is 24.6 Å². The van der Waals surface area contributed by atoms with E-state index < -0.39 is 0 Å². The van der Waals surface area contributed by atoms with Crippen LogP contribution in [0.15, 0.2) is 48.5 Å². The third-order valence-corrected chi connectivity index (χ3v) is 3.26. The lowest BCUT2D eigenvalue weighted by Gasteiger charge is -2.15. The van der Waals surface area contributed by atoms with Crippen LogP contribution in [0.2, 0.25) is 0 Å². The first-order valence-electron chi connectivity index (χ1n) is 6.73. The second kappa shape index (κ2) is 6.79. The van der Waals surface area contributed by atoms with Crippen molar-refractivity contribution < 1.29 is 14.3 Å². The molecule has 0 aliphatic rings. The van der Waals surface area contributed by atoms with Crippen LogP contribution in [0.4, 0.5) is 0 Å². The largest absolute Gasteiger partial charge is 0.497 e. The molecule has 0 unspecified atom stereocenters. The van der Waals surface area contributed by atoms with Crippen molar-refractivity contribution in [1.29, 1.82) is 0 Å². The molecule has 2 rings (SSSR count). The van der Waals surface area contributed by atoms with Gasteiger partial charge in [0.15, 0.2) is 0 Å². The topological polar surface area (TPSA) is 47.6 Å². The van der Waals surface area contributed by atoms with Gasteiger partial charge in [-0.2, -0.15) is 0 Å². The molecule has 1 amide bonds. The molecule has 0 fully saturated rings. The first kappa shape index (κ1) is 14.9. The fraction of sp³-hybridized carbons (Fsp3) is 0.235. The number of ether oxygens (including phenoxy) is 2. The minimum atomic E-state index is -0.163. The molecule has 1 atom stereocenters. The summed E-state index contributed by atoms with van der Waals surface area (Å²) >= 11 is 0. The molecular weight excluding hydrogens is 266 g/mol. The highest BCUT2D eigenvalue weighted by molar-refractivity contribution is 5.95. The van der Waals surface area contributed by atoms with Gasteiger partial charge in [0.1, 0.15) is 11.5 Å². The van der Waals surface area contributed by atoms with E-state index in [-0.39, 0.29) is 11.9 Å². The number of carbonyl (C=O) groups excluding carboxylic acids is 1. The number of nitrogens with one attached hydrogen (secondary N) is 1. The first-order chi connectivity index (χ1) is 10.1. The van der Waals surface area contributed by atoms with E-state index in [1.165, 1.54) is 0 Å². The van der Waals surface area contributed by atoms with E-state index in [1.807, 2.05) is 37.3 Å². The Morgan fingerprint density at radius 2 is 1.57 bits per heavy atom. The molecule has 0 aliphatic heterocycles. The van der Waals surface area contributed by atoms with Crippen LogP contribution in [0, 0.1) is 0 Å². The number of hydrogen-bond donors (Lipinski definition) is 1. The molecule has 110 valence electrons. The Hall–Kier alpha value is -2.49. The molecule has 1 N–H and O–H groups in total. The van der Waals surface area contributed by atoms with Gasteiger partial charge in [0.25, 0.3) is 5.91 Å². The Labute approximate surface area is 124 Å². The van der Waals surface area contributed by atoms with Crippen LogP contribution in [0.3, 0.4) is 0 Å². The monoisotopic (exact) mass is 285 g/mol. The molecule has 2 aromatic carbocycles. The molecule has 0 radical (unpaired) electrons. The number of hydrogen-bond acceptors (Lipinski definition) is 3. The van der Waals surface area contributed by atoms with Crippen molar-refractivity contribution in [2.24, 2.45) is 0 Å². The lowest BCUT2D eigenvalue weighted by molar-refractivity contribution is 0.0939. The van der Waals surface area contributed by atoms with Crippen molar-refractivity contribution in [3.63, 3.8) is 0 Å². The Bertz CT molecular complexity index is 588. The third-order valence-electron chi connectivity index (χ3n) is 3.26. The van der Waals surface area contributed by atoms with Crippen molar-refractivity contribution in [1.82, 2.24) is 5.32 Å². The molecular formula is C17H19NO3. The normalized spacial score (nSPS) is 11.6. The third kappa shape index (κ3) is 3.75. The molecule has 4 heteroatoms. The van der Waals surface area contributed by atoms with E-state index in [9.17, 15) is 4.79 Å². The second-order valence-electron chi connectivity index (χ2n) is 4.71. The van der Waals surface area contributed by atoms with Crippen molar-refractivity contribution in [2.45, 2.75) is 13.0 Å². The van der Waals surface area contributed by atoms with Gasteiger partial charge in [-0.15, -0.1) is 0 Å². The van der Waals surface area contributed by atoms with E-state index in [2.05, 4.69) is 5.32 Å². The van der Waals surface area contributed by atoms with Crippen LogP contribution in [-0.2, 0) is 0 Å². The average Bonchev–Trinajstić information content (AvgIpc) is 2.54. The molecule has 0 spiro atoms. The second-order valence-corrected chi connectivity index (χ2v) is 4.71. The van der Waals surface area contributed by atoms with Gasteiger partial charge in [0.2, 0.25) is 0 Å². The maximum atomic E-state index is 12.3. The number of rotatable bonds is 5. The fourth-order valence-electron chi connectivity index (χ4n) is 2.04. The summed E-state index contributed by atoms with van der Waals surface area (Å²) in [5, 5.41) is 2.97. The van der Waals surface area contributed by atoms with Gasteiger partial charge in [-0.1, -0.05) is 30.3 Å². The molecule has 0 aromatic heterocycles. The van der Waals surface area contributed by atoms with E-state index in [0.717, 1.165) is 5.56 Å². The van der Waals surface area contributed by atoms with Crippen molar-refractivity contribution in [3.8, 4) is 11.5 Å². The molecule has 0 saturated heterocycles. The van der Waals surface area contributed by atoms with E-state index in [0.29, 0.717) is 17.1 Å². The quantitative estimate of drug-likeness (QED) is 0.917. The van der Waals surface area contributed by atoms with Crippen LogP contribution >= 0.6 is 0 Å². The lowest BCUT2D eigenvalue weighted by Crippen LogP contribution is -2.26.